The highest BCUT2D eigenvalue weighted by Gasteiger charge is 2.10. The maximum absolute atomic E-state index is 10.2. The molecule has 0 atom stereocenters. The Hall–Kier alpha value is -1.20. The highest BCUT2D eigenvalue weighted by Crippen LogP contribution is 2.21. The molecule has 1 aromatic carbocycles. The molecule has 1 aromatic rings. The first kappa shape index (κ1) is 21.8. The first-order chi connectivity index (χ1) is 11.0. The van der Waals surface area contributed by atoms with Gasteiger partial charge in [-0.15, -0.1) is 0 Å². The van der Waals surface area contributed by atoms with E-state index in [1.807, 2.05) is 0 Å². The molecule has 0 aliphatic heterocycles. The van der Waals surface area contributed by atoms with Crippen molar-refractivity contribution in [3.8, 4) is 0 Å². The third-order valence-electron chi connectivity index (χ3n) is 3.35. The Bertz CT molecular complexity index is 415. The largest absolute Gasteiger partial charge is 0.471 e. The molecule has 0 heterocycles. The zero-order chi connectivity index (χ0) is 17.5. The van der Waals surface area contributed by atoms with Gasteiger partial charge in [0.05, 0.1) is 7.11 Å². The highest BCUT2D eigenvalue weighted by molar-refractivity contribution is 9.10. The van der Waals surface area contributed by atoms with Crippen LogP contribution < -0.4 is 0 Å². The SMILES string of the molecule is CN(C)Cc1ccc(Br)cc1.COC=O.O=CC1CCCCC1. The van der Waals surface area contributed by atoms with E-state index in [-0.39, 0.29) is 0 Å². The monoisotopic (exact) mass is 385 g/mol. The molecule has 0 bridgehead atoms. The first-order valence-corrected chi connectivity index (χ1v) is 8.63. The number of halogens is 1. The summed E-state index contributed by atoms with van der Waals surface area (Å²) in [7, 11) is 5.46. The van der Waals surface area contributed by atoms with Crippen LogP contribution in [0.4, 0.5) is 0 Å². The average molecular weight is 386 g/mol. The van der Waals surface area contributed by atoms with Gasteiger partial charge in [-0.05, 0) is 44.6 Å². The molecule has 1 saturated carbocycles. The summed E-state index contributed by atoms with van der Waals surface area (Å²) >= 11 is 3.40. The molecule has 2 rings (SSSR count). The summed E-state index contributed by atoms with van der Waals surface area (Å²) in [4.78, 5) is 21.3. The predicted octanol–water partition coefficient (Wildman–Crippen LogP) is 4.07. The van der Waals surface area contributed by atoms with Gasteiger partial charge in [0.15, 0.2) is 0 Å². The second-order valence-electron chi connectivity index (χ2n) is 5.73. The second-order valence-corrected chi connectivity index (χ2v) is 6.65. The minimum absolute atomic E-state index is 0.375. The molecule has 23 heavy (non-hydrogen) atoms. The van der Waals surface area contributed by atoms with E-state index in [0.717, 1.165) is 30.1 Å². The fraction of sp³-hybridized carbons (Fsp3) is 0.556. The van der Waals surface area contributed by atoms with Crippen molar-refractivity contribution in [1.82, 2.24) is 4.90 Å². The summed E-state index contributed by atoms with van der Waals surface area (Å²) in [5, 5.41) is 0. The van der Waals surface area contributed by atoms with E-state index in [9.17, 15) is 4.79 Å². The first-order valence-electron chi connectivity index (χ1n) is 7.84. The number of hydrogen-bond acceptors (Lipinski definition) is 4. The van der Waals surface area contributed by atoms with Crippen LogP contribution in [0.2, 0.25) is 0 Å². The van der Waals surface area contributed by atoms with Gasteiger partial charge in [-0.25, -0.2) is 0 Å². The van der Waals surface area contributed by atoms with Crippen LogP contribution in [0.15, 0.2) is 28.7 Å². The van der Waals surface area contributed by atoms with Gasteiger partial charge in [0.25, 0.3) is 6.47 Å². The van der Waals surface area contributed by atoms with E-state index < -0.39 is 0 Å². The minimum atomic E-state index is 0.375. The van der Waals surface area contributed by atoms with Crippen molar-refractivity contribution in [3.05, 3.63) is 34.3 Å². The number of ether oxygens (including phenoxy) is 1. The van der Waals surface area contributed by atoms with Crippen molar-refractivity contribution < 1.29 is 14.3 Å². The summed E-state index contributed by atoms with van der Waals surface area (Å²) in [5.74, 6) is 0.406. The fourth-order valence-electron chi connectivity index (χ4n) is 2.23. The number of methoxy groups -OCH3 is 1. The fourth-order valence-corrected chi connectivity index (χ4v) is 2.49. The van der Waals surface area contributed by atoms with Crippen molar-refractivity contribution in [2.24, 2.45) is 5.92 Å². The lowest BCUT2D eigenvalue weighted by atomic mass is 9.91. The summed E-state index contributed by atoms with van der Waals surface area (Å²) < 4.78 is 5.00. The number of aldehydes is 1. The van der Waals surface area contributed by atoms with Crippen LogP contribution in [-0.2, 0) is 20.9 Å². The van der Waals surface area contributed by atoms with Crippen molar-refractivity contribution >= 4 is 28.7 Å². The number of benzene rings is 1. The summed E-state index contributed by atoms with van der Waals surface area (Å²) in [5.41, 5.74) is 1.35. The summed E-state index contributed by atoms with van der Waals surface area (Å²) in [6.07, 6.45) is 7.27. The van der Waals surface area contributed by atoms with E-state index in [4.69, 9.17) is 4.79 Å². The Morgan fingerprint density at radius 3 is 2.00 bits per heavy atom. The Kier molecular flexibility index (Phi) is 13.6. The average Bonchev–Trinajstić information content (AvgIpc) is 2.58. The molecular formula is C18H28BrNO3. The molecule has 1 fully saturated rings. The third kappa shape index (κ3) is 13.0. The van der Waals surface area contributed by atoms with Gasteiger partial charge < -0.3 is 14.4 Å². The molecule has 0 unspecified atom stereocenters. The molecule has 5 heteroatoms. The zero-order valence-corrected chi connectivity index (χ0v) is 15.9. The molecule has 130 valence electrons. The number of carbonyl (C=O) groups excluding carboxylic acids is 2. The van der Waals surface area contributed by atoms with E-state index >= 15 is 0 Å². The van der Waals surface area contributed by atoms with Crippen LogP contribution in [0.5, 0.6) is 0 Å². The standard InChI is InChI=1S/C9H12BrN.C7H12O.C2H4O2/c1-11(2)7-8-3-5-9(10)6-4-8;8-6-7-4-2-1-3-5-7;1-4-2-3/h3-6H,7H2,1-2H3;6-7H,1-5H2;2H,1H3. The highest BCUT2D eigenvalue weighted by atomic mass is 79.9. The number of hydrogen-bond donors (Lipinski definition) is 0. The van der Waals surface area contributed by atoms with Crippen molar-refractivity contribution in [1.29, 1.82) is 0 Å². The Morgan fingerprint density at radius 1 is 1.13 bits per heavy atom. The minimum Gasteiger partial charge on any atom is -0.471 e. The Morgan fingerprint density at radius 2 is 1.65 bits per heavy atom. The lowest BCUT2D eigenvalue weighted by Crippen LogP contribution is -2.10. The van der Waals surface area contributed by atoms with Gasteiger partial charge in [0.2, 0.25) is 0 Å². The zero-order valence-electron chi connectivity index (χ0n) is 14.3. The molecule has 0 spiro atoms. The molecule has 0 saturated heterocycles. The Balaban J connectivity index is 0.000000354. The van der Waals surface area contributed by atoms with Crippen LogP contribution in [-0.4, -0.2) is 38.9 Å². The van der Waals surface area contributed by atoms with Crippen molar-refractivity contribution in [2.45, 2.75) is 38.6 Å². The van der Waals surface area contributed by atoms with Crippen LogP contribution in [0.3, 0.4) is 0 Å². The Labute approximate surface area is 148 Å². The number of rotatable bonds is 4. The summed E-state index contributed by atoms with van der Waals surface area (Å²) in [6.45, 7) is 1.38. The molecule has 0 aromatic heterocycles. The summed E-state index contributed by atoms with van der Waals surface area (Å²) in [6, 6.07) is 8.39. The van der Waals surface area contributed by atoms with E-state index in [1.54, 1.807) is 0 Å². The van der Waals surface area contributed by atoms with Crippen molar-refractivity contribution in [2.75, 3.05) is 21.2 Å². The van der Waals surface area contributed by atoms with Gasteiger partial charge >= 0.3 is 0 Å². The van der Waals surface area contributed by atoms with Crippen LogP contribution in [0, 0.1) is 5.92 Å². The molecule has 1 aliphatic carbocycles. The maximum Gasteiger partial charge on any atom is 0.292 e. The molecule has 1 aliphatic rings. The van der Waals surface area contributed by atoms with Gasteiger partial charge in [-0.2, -0.15) is 0 Å². The quantitative estimate of drug-likeness (QED) is 0.732. The second kappa shape index (κ2) is 14.4. The third-order valence-corrected chi connectivity index (χ3v) is 3.88. The van der Waals surface area contributed by atoms with E-state index in [2.05, 4.69) is 63.9 Å². The molecule has 4 nitrogen and oxygen atoms in total. The molecule has 0 radical (unpaired) electrons. The lowest BCUT2D eigenvalue weighted by molar-refractivity contribution is -0.126. The van der Waals surface area contributed by atoms with Gasteiger partial charge in [0, 0.05) is 16.9 Å². The lowest BCUT2D eigenvalue weighted by Gasteiger charge is -2.14. The number of nitrogens with zero attached hydrogens (tertiary/aromatic N) is 1. The molecular weight excluding hydrogens is 358 g/mol. The number of carbonyl (C=O) groups is 2. The topological polar surface area (TPSA) is 46.6 Å². The van der Waals surface area contributed by atoms with Crippen LogP contribution in [0.25, 0.3) is 0 Å². The normalized spacial score (nSPS) is 14.0. The van der Waals surface area contributed by atoms with Gasteiger partial charge in [-0.1, -0.05) is 47.3 Å². The molecule has 0 amide bonds. The van der Waals surface area contributed by atoms with Gasteiger partial charge in [0.1, 0.15) is 6.29 Å². The van der Waals surface area contributed by atoms with Crippen LogP contribution in [0.1, 0.15) is 37.7 Å². The predicted molar refractivity (Wildman–Crippen MR) is 97.2 cm³/mol. The van der Waals surface area contributed by atoms with E-state index in [1.165, 1.54) is 31.9 Å². The molecule has 0 N–H and O–H groups in total. The van der Waals surface area contributed by atoms with Crippen LogP contribution >= 0.6 is 15.9 Å². The van der Waals surface area contributed by atoms with Gasteiger partial charge in [-0.3, -0.25) is 4.79 Å². The van der Waals surface area contributed by atoms with E-state index in [0.29, 0.717) is 12.4 Å². The van der Waals surface area contributed by atoms with Crippen molar-refractivity contribution in [3.63, 3.8) is 0 Å². The maximum atomic E-state index is 10.2. The smallest absolute Gasteiger partial charge is 0.292 e.